The average molecular weight is 227 g/mol. The van der Waals surface area contributed by atoms with Gasteiger partial charge < -0.3 is 5.11 Å². The Balaban J connectivity index is 2.61. The molecule has 0 saturated heterocycles. The van der Waals surface area contributed by atoms with E-state index in [0.29, 0.717) is 10.8 Å². The molecule has 0 unspecified atom stereocenters. The second-order valence-corrected chi connectivity index (χ2v) is 3.39. The topological polar surface area (TPSA) is 33.1 Å². The van der Waals surface area contributed by atoms with Crippen LogP contribution < -0.4 is 0 Å². The van der Waals surface area contributed by atoms with Crippen molar-refractivity contribution in [3.8, 4) is 0 Å². The third-order valence-corrected chi connectivity index (χ3v) is 2.32. The van der Waals surface area contributed by atoms with Crippen LogP contribution in [-0.2, 0) is 0 Å². The molecule has 1 N–H and O–H groups in total. The van der Waals surface area contributed by atoms with Gasteiger partial charge in [-0.05, 0) is 17.0 Å². The highest BCUT2D eigenvalue weighted by Crippen LogP contribution is 2.35. The first-order valence-electron chi connectivity index (χ1n) is 4.57. The number of fused-ring (bicyclic) bond motifs is 1. The van der Waals surface area contributed by atoms with Gasteiger partial charge in [-0.15, -0.1) is 0 Å². The lowest BCUT2D eigenvalue weighted by atomic mass is 10.0. The van der Waals surface area contributed by atoms with Crippen LogP contribution in [0.25, 0.3) is 10.8 Å². The molecule has 0 saturated carbocycles. The predicted molar refractivity (Wildman–Crippen MR) is 52.8 cm³/mol. The molecule has 1 aromatic heterocycles. The third-order valence-electron chi connectivity index (χ3n) is 2.32. The van der Waals surface area contributed by atoms with Crippen molar-refractivity contribution in [2.24, 2.45) is 0 Å². The van der Waals surface area contributed by atoms with Gasteiger partial charge in [-0.2, -0.15) is 13.2 Å². The maximum absolute atomic E-state index is 12.4. The number of pyridine rings is 1. The minimum atomic E-state index is -4.66. The van der Waals surface area contributed by atoms with E-state index < -0.39 is 12.3 Å². The summed E-state index contributed by atoms with van der Waals surface area (Å²) in [5.74, 6) is 0. The number of halogens is 3. The standard InChI is InChI=1S/C11H8F3NO/c12-11(13,14)10(16)8-3-1-2-7-4-5-15-6-9(7)8/h1-6,10,16H/t10-/m1/s1. The fourth-order valence-corrected chi connectivity index (χ4v) is 1.55. The minimum Gasteiger partial charge on any atom is -0.379 e. The average Bonchev–Trinajstić information content (AvgIpc) is 2.26. The van der Waals surface area contributed by atoms with Crippen LogP contribution >= 0.6 is 0 Å². The van der Waals surface area contributed by atoms with Crippen molar-refractivity contribution in [2.75, 3.05) is 0 Å². The molecule has 0 radical (unpaired) electrons. The lowest BCUT2D eigenvalue weighted by Gasteiger charge is -2.16. The molecule has 0 amide bonds. The number of hydrogen-bond acceptors (Lipinski definition) is 2. The van der Waals surface area contributed by atoms with E-state index in [1.54, 1.807) is 12.1 Å². The van der Waals surface area contributed by atoms with Crippen molar-refractivity contribution in [1.82, 2.24) is 4.98 Å². The van der Waals surface area contributed by atoms with Crippen LogP contribution in [0.3, 0.4) is 0 Å². The maximum Gasteiger partial charge on any atom is 0.418 e. The third kappa shape index (κ3) is 1.86. The first-order chi connectivity index (χ1) is 7.50. The second-order valence-electron chi connectivity index (χ2n) is 3.39. The Bertz CT molecular complexity index is 505. The number of alkyl halides is 3. The summed E-state index contributed by atoms with van der Waals surface area (Å²) in [6.45, 7) is 0. The highest BCUT2D eigenvalue weighted by molar-refractivity contribution is 5.85. The summed E-state index contributed by atoms with van der Waals surface area (Å²) < 4.78 is 37.2. The predicted octanol–water partition coefficient (Wildman–Crippen LogP) is 2.83. The number of aliphatic hydroxyl groups is 1. The van der Waals surface area contributed by atoms with Gasteiger partial charge in [0.15, 0.2) is 6.10 Å². The Labute approximate surface area is 89.4 Å². The van der Waals surface area contributed by atoms with Crippen molar-refractivity contribution in [3.05, 3.63) is 42.2 Å². The van der Waals surface area contributed by atoms with Crippen LogP contribution in [0.5, 0.6) is 0 Å². The van der Waals surface area contributed by atoms with Crippen molar-refractivity contribution < 1.29 is 18.3 Å². The van der Waals surface area contributed by atoms with E-state index >= 15 is 0 Å². The molecule has 1 heterocycles. The molecule has 0 spiro atoms. The van der Waals surface area contributed by atoms with E-state index in [0.717, 1.165) is 0 Å². The van der Waals surface area contributed by atoms with Crippen LogP contribution in [0.1, 0.15) is 11.7 Å². The van der Waals surface area contributed by atoms with Crippen molar-refractivity contribution >= 4 is 10.8 Å². The normalized spacial score (nSPS) is 14.0. The Kier molecular flexibility index (Phi) is 2.55. The highest BCUT2D eigenvalue weighted by Gasteiger charge is 2.40. The molecule has 1 atom stereocenters. The molecule has 0 aliphatic heterocycles. The van der Waals surface area contributed by atoms with Crippen LogP contribution in [0.15, 0.2) is 36.7 Å². The molecule has 0 aliphatic rings. The molecule has 84 valence electrons. The molecule has 0 aliphatic carbocycles. The lowest BCUT2D eigenvalue weighted by Crippen LogP contribution is -2.20. The van der Waals surface area contributed by atoms with E-state index in [9.17, 15) is 18.3 Å². The number of hydrogen-bond donors (Lipinski definition) is 1. The monoisotopic (exact) mass is 227 g/mol. The van der Waals surface area contributed by atoms with Gasteiger partial charge >= 0.3 is 6.18 Å². The molecule has 16 heavy (non-hydrogen) atoms. The van der Waals surface area contributed by atoms with Crippen molar-refractivity contribution in [2.45, 2.75) is 12.3 Å². The maximum atomic E-state index is 12.4. The Morgan fingerprint density at radius 2 is 1.94 bits per heavy atom. The van der Waals surface area contributed by atoms with Crippen LogP contribution in [-0.4, -0.2) is 16.3 Å². The molecule has 2 nitrogen and oxygen atoms in total. The number of rotatable bonds is 1. The van der Waals surface area contributed by atoms with E-state index in [1.807, 2.05) is 0 Å². The number of benzene rings is 1. The summed E-state index contributed by atoms with van der Waals surface area (Å²) in [5.41, 5.74) is -0.168. The summed E-state index contributed by atoms with van der Waals surface area (Å²) >= 11 is 0. The van der Waals surface area contributed by atoms with Gasteiger partial charge in [-0.3, -0.25) is 4.98 Å². The van der Waals surface area contributed by atoms with Gasteiger partial charge in [-0.25, -0.2) is 0 Å². The summed E-state index contributed by atoms with van der Waals surface area (Å²) in [7, 11) is 0. The fraction of sp³-hybridized carbons (Fsp3) is 0.182. The van der Waals surface area contributed by atoms with Crippen molar-refractivity contribution in [1.29, 1.82) is 0 Å². The molecule has 2 aromatic rings. The van der Waals surface area contributed by atoms with E-state index in [4.69, 9.17) is 0 Å². The largest absolute Gasteiger partial charge is 0.418 e. The molecule has 2 rings (SSSR count). The Morgan fingerprint density at radius 1 is 1.19 bits per heavy atom. The zero-order valence-corrected chi connectivity index (χ0v) is 8.07. The second kappa shape index (κ2) is 3.75. The van der Waals surface area contributed by atoms with E-state index in [-0.39, 0.29) is 5.56 Å². The Morgan fingerprint density at radius 3 is 2.62 bits per heavy atom. The number of aliphatic hydroxyl groups excluding tert-OH is 1. The highest BCUT2D eigenvalue weighted by atomic mass is 19.4. The number of nitrogens with zero attached hydrogens (tertiary/aromatic N) is 1. The van der Waals surface area contributed by atoms with Crippen molar-refractivity contribution in [3.63, 3.8) is 0 Å². The quantitative estimate of drug-likeness (QED) is 0.812. The van der Waals surface area contributed by atoms with Gasteiger partial charge in [0.05, 0.1) is 0 Å². The zero-order valence-electron chi connectivity index (χ0n) is 8.07. The van der Waals surface area contributed by atoms with Gasteiger partial charge in [0.1, 0.15) is 0 Å². The molecular formula is C11H8F3NO. The summed E-state index contributed by atoms with van der Waals surface area (Å²) in [5, 5.41) is 10.1. The smallest absolute Gasteiger partial charge is 0.379 e. The van der Waals surface area contributed by atoms with Gasteiger partial charge in [0, 0.05) is 17.8 Å². The van der Waals surface area contributed by atoms with Crippen LogP contribution in [0.2, 0.25) is 0 Å². The van der Waals surface area contributed by atoms with E-state index in [2.05, 4.69) is 4.98 Å². The fourth-order valence-electron chi connectivity index (χ4n) is 1.55. The Hall–Kier alpha value is -1.62. The lowest BCUT2D eigenvalue weighted by molar-refractivity contribution is -0.206. The first kappa shape index (κ1) is 10.9. The van der Waals surface area contributed by atoms with Gasteiger partial charge in [0.2, 0.25) is 0 Å². The molecule has 0 fully saturated rings. The van der Waals surface area contributed by atoms with E-state index in [1.165, 1.54) is 24.5 Å². The summed E-state index contributed by atoms with van der Waals surface area (Å²) in [6.07, 6.45) is -4.32. The van der Waals surface area contributed by atoms with Gasteiger partial charge in [0.25, 0.3) is 0 Å². The summed E-state index contributed by atoms with van der Waals surface area (Å²) in [6, 6.07) is 6.00. The molecule has 5 heteroatoms. The molecular weight excluding hydrogens is 219 g/mol. The SMILES string of the molecule is O[C@H](c1cccc2ccncc12)C(F)(F)F. The summed E-state index contributed by atoms with van der Waals surface area (Å²) in [4.78, 5) is 3.76. The molecule has 0 bridgehead atoms. The van der Waals surface area contributed by atoms with Crippen LogP contribution in [0, 0.1) is 0 Å². The first-order valence-corrected chi connectivity index (χ1v) is 4.57. The number of aromatic nitrogens is 1. The van der Waals surface area contributed by atoms with Crippen LogP contribution in [0.4, 0.5) is 13.2 Å². The molecule has 1 aromatic carbocycles. The van der Waals surface area contributed by atoms with Gasteiger partial charge in [-0.1, -0.05) is 18.2 Å². The minimum absolute atomic E-state index is 0.168. The zero-order chi connectivity index (χ0) is 11.8.